The third-order valence-electron chi connectivity index (χ3n) is 3.22. The van der Waals surface area contributed by atoms with Crippen LogP contribution in [0.5, 0.6) is 0 Å². The van der Waals surface area contributed by atoms with E-state index in [1.165, 1.54) is 38.2 Å². The fourth-order valence-electron chi connectivity index (χ4n) is 2.32. The van der Waals surface area contributed by atoms with Crippen molar-refractivity contribution in [2.24, 2.45) is 0 Å². The molecule has 1 fully saturated rings. The molecule has 0 atom stereocenters. The van der Waals surface area contributed by atoms with Crippen molar-refractivity contribution in [1.29, 1.82) is 0 Å². The predicted molar refractivity (Wildman–Crippen MR) is 72.4 cm³/mol. The second-order valence-electron chi connectivity index (χ2n) is 5.23. The molecule has 5 heteroatoms. The smallest absolute Gasteiger partial charge is 0.331 e. The normalized spacial score (nSPS) is 17.2. The van der Waals surface area contributed by atoms with Crippen molar-refractivity contribution >= 4 is 12.0 Å². The minimum Gasteiger partial charge on any atom is -0.460 e. The molecular weight excluding hydrogens is 242 g/mol. The molecule has 19 heavy (non-hydrogen) atoms. The number of nitrogens with zero attached hydrogens (tertiary/aromatic N) is 3. The van der Waals surface area contributed by atoms with Crippen LogP contribution in [0.25, 0.3) is 6.08 Å². The third-order valence-corrected chi connectivity index (χ3v) is 3.22. The fourth-order valence-corrected chi connectivity index (χ4v) is 2.32. The molecule has 1 heterocycles. The molecule has 1 aliphatic rings. The highest BCUT2D eigenvalue weighted by molar-refractivity contribution is 5.86. The van der Waals surface area contributed by atoms with Gasteiger partial charge in [-0.2, -0.15) is 0 Å². The number of carbonyl (C=O) groups is 1. The number of carbonyl (C=O) groups excluding carboxylic acids is 1. The van der Waals surface area contributed by atoms with Gasteiger partial charge in [-0.3, -0.25) is 0 Å². The van der Waals surface area contributed by atoms with Crippen LogP contribution < -0.4 is 0 Å². The Labute approximate surface area is 113 Å². The third kappa shape index (κ3) is 4.19. The highest BCUT2D eigenvalue weighted by Crippen LogP contribution is 2.27. The molecule has 1 saturated carbocycles. The van der Waals surface area contributed by atoms with Gasteiger partial charge in [-0.15, -0.1) is 5.10 Å². The average molecular weight is 263 g/mol. The molecule has 0 saturated heterocycles. The molecule has 0 unspecified atom stereocenters. The second kappa shape index (κ2) is 6.50. The van der Waals surface area contributed by atoms with Crippen molar-refractivity contribution in [2.75, 3.05) is 0 Å². The van der Waals surface area contributed by atoms with Crippen molar-refractivity contribution in [1.82, 2.24) is 15.0 Å². The molecule has 0 amide bonds. The summed E-state index contributed by atoms with van der Waals surface area (Å²) in [6.07, 6.45) is 11.0. The largest absolute Gasteiger partial charge is 0.460 e. The number of aromatic nitrogens is 3. The van der Waals surface area contributed by atoms with Gasteiger partial charge < -0.3 is 4.74 Å². The number of hydrogen-bond acceptors (Lipinski definition) is 4. The van der Waals surface area contributed by atoms with Crippen molar-refractivity contribution < 1.29 is 9.53 Å². The van der Waals surface area contributed by atoms with Crippen LogP contribution in [-0.2, 0) is 9.53 Å². The first-order valence-electron chi connectivity index (χ1n) is 6.95. The zero-order valence-electron chi connectivity index (χ0n) is 11.6. The number of ether oxygens (including phenoxy) is 1. The quantitative estimate of drug-likeness (QED) is 0.619. The van der Waals surface area contributed by atoms with E-state index < -0.39 is 0 Å². The zero-order chi connectivity index (χ0) is 13.7. The lowest BCUT2D eigenvalue weighted by molar-refractivity contribution is -0.141. The molecule has 0 N–H and O–H groups in total. The van der Waals surface area contributed by atoms with Gasteiger partial charge >= 0.3 is 5.97 Å². The van der Waals surface area contributed by atoms with E-state index in [9.17, 15) is 4.79 Å². The molecule has 0 aliphatic heterocycles. The topological polar surface area (TPSA) is 57.0 Å². The summed E-state index contributed by atoms with van der Waals surface area (Å²) in [5.74, 6) is -0.345. The van der Waals surface area contributed by atoms with Crippen LogP contribution in [0.15, 0.2) is 12.3 Å². The summed E-state index contributed by atoms with van der Waals surface area (Å²) in [5.41, 5.74) is 0.700. The van der Waals surface area contributed by atoms with E-state index in [0.29, 0.717) is 11.7 Å². The second-order valence-corrected chi connectivity index (χ2v) is 5.23. The summed E-state index contributed by atoms with van der Waals surface area (Å²) >= 11 is 0. The number of hydrogen-bond donors (Lipinski definition) is 0. The predicted octanol–water partition coefficient (Wildman–Crippen LogP) is 2.75. The van der Waals surface area contributed by atoms with Crippen molar-refractivity contribution in [2.45, 2.75) is 58.1 Å². The molecule has 0 aromatic carbocycles. The maximum atomic E-state index is 11.4. The van der Waals surface area contributed by atoms with Gasteiger partial charge in [0.15, 0.2) is 0 Å². The van der Waals surface area contributed by atoms with Gasteiger partial charge in [-0.25, -0.2) is 9.48 Å². The fraction of sp³-hybridized carbons (Fsp3) is 0.643. The van der Waals surface area contributed by atoms with Crippen molar-refractivity contribution in [3.8, 4) is 0 Å². The van der Waals surface area contributed by atoms with E-state index >= 15 is 0 Å². The van der Waals surface area contributed by atoms with Crippen LogP contribution >= 0.6 is 0 Å². The molecule has 1 aromatic rings. The maximum Gasteiger partial charge on any atom is 0.331 e. The first kappa shape index (κ1) is 13.8. The van der Waals surface area contributed by atoms with E-state index in [2.05, 4.69) is 10.3 Å². The molecular formula is C14H21N3O2. The van der Waals surface area contributed by atoms with Gasteiger partial charge in [0, 0.05) is 6.08 Å². The summed E-state index contributed by atoms with van der Waals surface area (Å²) in [5, 5.41) is 8.20. The van der Waals surface area contributed by atoms with Crippen LogP contribution in [0.2, 0.25) is 0 Å². The van der Waals surface area contributed by atoms with Crippen LogP contribution in [0.3, 0.4) is 0 Å². The Morgan fingerprint density at radius 1 is 1.42 bits per heavy atom. The lowest BCUT2D eigenvalue weighted by atomic mass is 9.96. The van der Waals surface area contributed by atoms with Crippen molar-refractivity contribution in [3.63, 3.8) is 0 Å². The molecule has 104 valence electrons. The Morgan fingerprint density at radius 2 is 2.16 bits per heavy atom. The first-order chi connectivity index (χ1) is 9.15. The van der Waals surface area contributed by atoms with Crippen LogP contribution in [-0.4, -0.2) is 27.1 Å². The Bertz CT molecular complexity index is 445. The molecule has 0 radical (unpaired) electrons. The van der Waals surface area contributed by atoms with E-state index in [0.717, 1.165) is 0 Å². The van der Waals surface area contributed by atoms with E-state index in [4.69, 9.17) is 4.74 Å². The van der Waals surface area contributed by atoms with Crippen LogP contribution in [0.4, 0.5) is 0 Å². The minimum absolute atomic E-state index is 0.102. The van der Waals surface area contributed by atoms with Gasteiger partial charge in [0.05, 0.1) is 18.3 Å². The summed E-state index contributed by atoms with van der Waals surface area (Å²) in [7, 11) is 0. The molecule has 0 spiro atoms. The summed E-state index contributed by atoms with van der Waals surface area (Å²) in [4.78, 5) is 11.4. The summed E-state index contributed by atoms with van der Waals surface area (Å²) in [6, 6.07) is 0.464. The first-order valence-corrected chi connectivity index (χ1v) is 6.95. The highest BCUT2D eigenvalue weighted by Gasteiger charge is 2.16. The van der Waals surface area contributed by atoms with Gasteiger partial charge in [-0.05, 0) is 32.8 Å². The van der Waals surface area contributed by atoms with E-state index in [1.807, 2.05) is 24.7 Å². The molecule has 2 rings (SSSR count). The van der Waals surface area contributed by atoms with E-state index in [-0.39, 0.29) is 12.1 Å². The Morgan fingerprint density at radius 3 is 2.84 bits per heavy atom. The zero-order valence-corrected chi connectivity index (χ0v) is 11.6. The van der Waals surface area contributed by atoms with Crippen LogP contribution in [0, 0.1) is 0 Å². The highest BCUT2D eigenvalue weighted by atomic mass is 16.5. The van der Waals surface area contributed by atoms with Gasteiger partial charge in [-0.1, -0.05) is 24.5 Å². The van der Waals surface area contributed by atoms with Gasteiger partial charge in [0.2, 0.25) is 0 Å². The summed E-state index contributed by atoms with van der Waals surface area (Å²) in [6.45, 7) is 3.65. The standard InChI is InChI=1S/C14H21N3O2/c1-11(2)19-14(18)9-8-12-10-17(16-15-12)13-6-4-3-5-7-13/h8-11,13H,3-7H2,1-2H3/b9-8-. The molecule has 0 bridgehead atoms. The minimum atomic E-state index is -0.345. The Kier molecular flexibility index (Phi) is 4.71. The summed E-state index contributed by atoms with van der Waals surface area (Å²) < 4.78 is 6.94. The maximum absolute atomic E-state index is 11.4. The Hall–Kier alpha value is -1.65. The van der Waals surface area contributed by atoms with E-state index in [1.54, 1.807) is 6.08 Å². The lowest BCUT2D eigenvalue weighted by Crippen LogP contribution is -2.13. The van der Waals surface area contributed by atoms with Crippen molar-refractivity contribution in [3.05, 3.63) is 18.0 Å². The average Bonchev–Trinajstić information content (AvgIpc) is 2.85. The lowest BCUT2D eigenvalue weighted by Gasteiger charge is -2.20. The molecule has 1 aromatic heterocycles. The monoisotopic (exact) mass is 263 g/mol. The molecule has 1 aliphatic carbocycles. The number of esters is 1. The SMILES string of the molecule is CC(C)OC(=O)/C=C\c1cn(C2CCCCC2)nn1. The van der Waals surface area contributed by atoms with Gasteiger partial charge in [0.1, 0.15) is 5.69 Å². The van der Waals surface area contributed by atoms with Crippen LogP contribution in [0.1, 0.15) is 57.7 Å². The van der Waals surface area contributed by atoms with Gasteiger partial charge in [0.25, 0.3) is 0 Å². The number of rotatable bonds is 4. The molecule has 5 nitrogen and oxygen atoms in total. The Balaban J connectivity index is 1.93.